The number of carbonyl (C=O) groups is 1. The summed E-state index contributed by atoms with van der Waals surface area (Å²) in [6.45, 7) is 3.54. The topological polar surface area (TPSA) is 46.3 Å². The van der Waals surface area contributed by atoms with Gasteiger partial charge in [-0.1, -0.05) is 26.2 Å². The predicted molar refractivity (Wildman–Crippen MR) is 62.4 cm³/mol. The summed E-state index contributed by atoms with van der Waals surface area (Å²) in [5, 5.41) is 0. The first-order valence-corrected chi connectivity index (χ1v) is 6.07. The van der Waals surface area contributed by atoms with Crippen molar-refractivity contribution in [1.82, 2.24) is 4.90 Å². The summed E-state index contributed by atoms with van der Waals surface area (Å²) in [4.78, 5) is 13.6. The molecule has 0 aromatic carbocycles. The van der Waals surface area contributed by atoms with Crippen molar-refractivity contribution < 1.29 is 4.79 Å². The Bertz CT molecular complexity index is 202. The summed E-state index contributed by atoms with van der Waals surface area (Å²) in [7, 11) is 1.91. The molecule has 3 heteroatoms. The van der Waals surface area contributed by atoms with Crippen molar-refractivity contribution in [2.45, 2.75) is 39.0 Å². The lowest BCUT2D eigenvalue weighted by Crippen LogP contribution is -2.32. The maximum atomic E-state index is 11.7. The third kappa shape index (κ3) is 4.20. The van der Waals surface area contributed by atoms with Crippen LogP contribution in [0.1, 0.15) is 39.0 Å². The van der Waals surface area contributed by atoms with Gasteiger partial charge in [0.2, 0.25) is 5.91 Å². The van der Waals surface area contributed by atoms with Crippen LogP contribution in [0.15, 0.2) is 0 Å². The Balaban J connectivity index is 2.14. The van der Waals surface area contributed by atoms with Gasteiger partial charge < -0.3 is 10.6 Å². The molecule has 1 rings (SSSR count). The van der Waals surface area contributed by atoms with E-state index < -0.39 is 0 Å². The fraction of sp³-hybridized carbons (Fsp3) is 0.917. The Labute approximate surface area is 93.0 Å². The van der Waals surface area contributed by atoms with E-state index in [-0.39, 0.29) is 5.91 Å². The first-order chi connectivity index (χ1) is 7.13. The van der Waals surface area contributed by atoms with Gasteiger partial charge in [0.1, 0.15) is 0 Å². The second-order valence-electron chi connectivity index (χ2n) is 4.95. The molecule has 3 nitrogen and oxygen atoms in total. The number of rotatable bonds is 6. The van der Waals surface area contributed by atoms with Crippen molar-refractivity contribution in [3.05, 3.63) is 0 Å². The van der Waals surface area contributed by atoms with Crippen molar-refractivity contribution >= 4 is 5.91 Å². The van der Waals surface area contributed by atoms with E-state index in [2.05, 4.69) is 0 Å². The Morgan fingerprint density at radius 3 is 2.67 bits per heavy atom. The smallest absolute Gasteiger partial charge is 0.222 e. The van der Waals surface area contributed by atoms with Crippen LogP contribution in [0.5, 0.6) is 0 Å². The van der Waals surface area contributed by atoms with Gasteiger partial charge >= 0.3 is 0 Å². The Kier molecular flexibility index (Phi) is 5.09. The van der Waals surface area contributed by atoms with Crippen LogP contribution in [0.3, 0.4) is 0 Å². The van der Waals surface area contributed by atoms with Crippen LogP contribution in [-0.4, -0.2) is 30.9 Å². The minimum Gasteiger partial charge on any atom is -0.346 e. The van der Waals surface area contributed by atoms with Crippen LogP contribution in [0, 0.1) is 11.8 Å². The normalized spacial score (nSPS) is 18.3. The molecular formula is C12H24N2O. The Hall–Kier alpha value is -0.570. The molecule has 0 radical (unpaired) electrons. The van der Waals surface area contributed by atoms with Crippen LogP contribution >= 0.6 is 0 Å². The molecule has 15 heavy (non-hydrogen) atoms. The highest BCUT2D eigenvalue weighted by Crippen LogP contribution is 2.29. The molecule has 0 aliphatic heterocycles. The van der Waals surface area contributed by atoms with Gasteiger partial charge in [0.25, 0.3) is 0 Å². The van der Waals surface area contributed by atoms with Crippen LogP contribution in [0.2, 0.25) is 0 Å². The molecule has 0 aromatic heterocycles. The number of nitrogens with zero attached hydrogens (tertiary/aromatic N) is 1. The molecule has 0 aromatic rings. The van der Waals surface area contributed by atoms with Crippen LogP contribution in [0.25, 0.3) is 0 Å². The molecule has 1 saturated carbocycles. The first-order valence-electron chi connectivity index (χ1n) is 6.07. The van der Waals surface area contributed by atoms with Crippen LogP contribution < -0.4 is 5.73 Å². The highest BCUT2D eigenvalue weighted by molar-refractivity contribution is 5.76. The van der Waals surface area contributed by atoms with E-state index in [9.17, 15) is 4.79 Å². The van der Waals surface area contributed by atoms with Gasteiger partial charge in [-0.3, -0.25) is 4.79 Å². The monoisotopic (exact) mass is 212 g/mol. The van der Waals surface area contributed by atoms with Gasteiger partial charge in [-0.2, -0.15) is 0 Å². The zero-order chi connectivity index (χ0) is 11.3. The molecule has 0 spiro atoms. The summed E-state index contributed by atoms with van der Waals surface area (Å²) in [5.74, 6) is 1.43. The zero-order valence-corrected chi connectivity index (χ0v) is 10.0. The molecule has 0 heterocycles. The van der Waals surface area contributed by atoms with Crippen molar-refractivity contribution in [2.75, 3.05) is 20.1 Å². The van der Waals surface area contributed by atoms with Gasteiger partial charge in [0, 0.05) is 20.0 Å². The third-order valence-corrected chi connectivity index (χ3v) is 3.45. The molecular weight excluding hydrogens is 188 g/mol. The average molecular weight is 212 g/mol. The van der Waals surface area contributed by atoms with Crippen LogP contribution in [-0.2, 0) is 4.79 Å². The van der Waals surface area contributed by atoms with E-state index in [0.717, 1.165) is 12.5 Å². The third-order valence-electron chi connectivity index (χ3n) is 3.45. The van der Waals surface area contributed by atoms with Gasteiger partial charge in [0.15, 0.2) is 0 Å². The van der Waals surface area contributed by atoms with E-state index in [1.165, 1.54) is 25.7 Å². The lowest BCUT2D eigenvalue weighted by atomic mass is 9.83. The number of hydrogen-bond donors (Lipinski definition) is 1. The maximum Gasteiger partial charge on any atom is 0.222 e. The molecule has 1 amide bonds. The van der Waals surface area contributed by atoms with Crippen molar-refractivity contribution in [1.29, 1.82) is 0 Å². The molecule has 0 saturated heterocycles. The zero-order valence-electron chi connectivity index (χ0n) is 10.0. The van der Waals surface area contributed by atoms with E-state index in [4.69, 9.17) is 5.73 Å². The first kappa shape index (κ1) is 12.5. The lowest BCUT2D eigenvalue weighted by molar-refractivity contribution is -0.130. The number of hydrogen-bond acceptors (Lipinski definition) is 2. The van der Waals surface area contributed by atoms with E-state index in [1.807, 2.05) is 18.9 Å². The molecule has 1 aliphatic carbocycles. The summed E-state index contributed by atoms with van der Waals surface area (Å²) < 4.78 is 0. The standard InChI is InChI=1S/C12H24N2O/c1-10(9-13)8-12(15)14(2)7-6-11-4-3-5-11/h10-11H,3-9,13H2,1-2H3. The number of amides is 1. The van der Waals surface area contributed by atoms with Crippen molar-refractivity contribution in [2.24, 2.45) is 17.6 Å². The summed E-state index contributed by atoms with van der Waals surface area (Å²) in [5.41, 5.74) is 5.50. The average Bonchev–Trinajstić information content (AvgIpc) is 2.14. The predicted octanol–water partition coefficient (Wildman–Crippen LogP) is 1.62. The van der Waals surface area contributed by atoms with Crippen molar-refractivity contribution in [3.63, 3.8) is 0 Å². The lowest BCUT2D eigenvalue weighted by Gasteiger charge is -2.28. The molecule has 88 valence electrons. The SMILES string of the molecule is CC(CN)CC(=O)N(C)CCC1CCC1. The summed E-state index contributed by atoms with van der Waals surface area (Å²) in [6, 6.07) is 0. The largest absolute Gasteiger partial charge is 0.346 e. The number of nitrogens with two attached hydrogens (primary N) is 1. The quantitative estimate of drug-likeness (QED) is 0.727. The van der Waals surface area contributed by atoms with Gasteiger partial charge in [0.05, 0.1) is 0 Å². The fourth-order valence-electron chi connectivity index (χ4n) is 1.82. The fourth-order valence-corrected chi connectivity index (χ4v) is 1.82. The Morgan fingerprint density at radius 1 is 1.53 bits per heavy atom. The second kappa shape index (κ2) is 6.11. The maximum absolute atomic E-state index is 11.7. The molecule has 1 fully saturated rings. The number of carbonyl (C=O) groups excluding carboxylic acids is 1. The van der Waals surface area contributed by atoms with Crippen LogP contribution in [0.4, 0.5) is 0 Å². The highest BCUT2D eigenvalue weighted by Gasteiger charge is 2.19. The van der Waals surface area contributed by atoms with E-state index in [0.29, 0.717) is 18.9 Å². The van der Waals surface area contributed by atoms with E-state index >= 15 is 0 Å². The summed E-state index contributed by atoms with van der Waals surface area (Å²) >= 11 is 0. The summed E-state index contributed by atoms with van der Waals surface area (Å²) in [6.07, 6.45) is 5.88. The van der Waals surface area contributed by atoms with Gasteiger partial charge in [-0.05, 0) is 24.8 Å². The molecule has 2 N–H and O–H groups in total. The molecule has 0 bridgehead atoms. The van der Waals surface area contributed by atoms with Gasteiger partial charge in [-0.15, -0.1) is 0 Å². The van der Waals surface area contributed by atoms with Gasteiger partial charge in [-0.25, -0.2) is 0 Å². The van der Waals surface area contributed by atoms with Crippen molar-refractivity contribution in [3.8, 4) is 0 Å². The Morgan fingerprint density at radius 2 is 2.20 bits per heavy atom. The highest BCUT2D eigenvalue weighted by atomic mass is 16.2. The minimum absolute atomic E-state index is 0.243. The van der Waals surface area contributed by atoms with E-state index in [1.54, 1.807) is 0 Å². The molecule has 1 unspecified atom stereocenters. The molecule has 1 aliphatic rings. The second-order valence-corrected chi connectivity index (χ2v) is 4.95. The molecule has 1 atom stereocenters. The minimum atomic E-state index is 0.243.